The summed E-state index contributed by atoms with van der Waals surface area (Å²) < 4.78 is 0. The molecule has 4 aromatic rings. The van der Waals surface area contributed by atoms with Crippen LogP contribution >= 0.6 is 11.8 Å². The summed E-state index contributed by atoms with van der Waals surface area (Å²) in [6.07, 6.45) is 1.82. The quantitative estimate of drug-likeness (QED) is 0.213. The van der Waals surface area contributed by atoms with E-state index >= 15 is 0 Å². The van der Waals surface area contributed by atoms with Gasteiger partial charge in [-0.1, -0.05) is 78.0 Å². The van der Waals surface area contributed by atoms with Gasteiger partial charge >= 0.3 is 0 Å². The van der Waals surface area contributed by atoms with Crippen molar-refractivity contribution in [3.63, 3.8) is 0 Å². The highest BCUT2D eigenvalue weighted by Gasteiger charge is 2.32. The van der Waals surface area contributed by atoms with Crippen molar-refractivity contribution in [2.45, 2.75) is 25.5 Å². The summed E-state index contributed by atoms with van der Waals surface area (Å²) in [5.41, 5.74) is 6.53. The number of carbonyl (C=O) groups is 2. The summed E-state index contributed by atoms with van der Waals surface area (Å²) in [6, 6.07) is 23.9. The summed E-state index contributed by atoms with van der Waals surface area (Å²) in [5.74, 6) is -0.269. The zero-order valence-corrected chi connectivity index (χ0v) is 20.2. The molecule has 6 nitrogen and oxygen atoms in total. The number of ketones is 1. The van der Waals surface area contributed by atoms with E-state index in [-0.39, 0.29) is 18.1 Å². The number of aromatic amines is 1. The number of fused-ring (bicyclic) bond motifs is 1. The number of Topliss-reactive ketones (excluding diaryl/α,β-unsaturated/α-hetero) is 1. The molecule has 1 saturated heterocycles. The first-order valence-corrected chi connectivity index (χ1v) is 12.2. The van der Waals surface area contributed by atoms with E-state index in [9.17, 15) is 9.59 Å². The van der Waals surface area contributed by atoms with Gasteiger partial charge in [0.1, 0.15) is 0 Å². The Hall–Kier alpha value is -3.97. The van der Waals surface area contributed by atoms with E-state index in [1.165, 1.54) is 11.8 Å². The van der Waals surface area contributed by atoms with Gasteiger partial charge in [-0.2, -0.15) is 5.10 Å². The Morgan fingerprint density at radius 2 is 1.80 bits per heavy atom. The van der Waals surface area contributed by atoms with Gasteiger partial charge in [0.25, 0.3) is 0 Å². The third-order valence-corrected chi connectivity index (χ3v) is 7.06. The van der Waals surface area contributed by atoms with E-state index in [0.717, 1.165) is 38.9 Å². The van der Waals surface area contributed by atoms with Gasteiger partial charge in [0, 0.05) is 28.5 Å². The molecule has 174 valence electrons. The normalized spacial score (nSPS) is 16.9. The van der Waals surface area contributed by atoms with Gasteiger partial charge in [-0.15, -0.1) is 5.10 Å². The lowest BCUT2D eigenvalue weighted by atomic mass is 9.99. The van der Waals surface area contributed by atoms with E-state index < -0.39 is 5.25 Å². The molecule has 1 amide bonds. The lowest BCUT2D eigenvalue weighted by Gasteiger charge is -2.08. The van der Waals surface area contributed by atoms with Crippen LogP contribution in [0.5, 0.6) is 0 Å². The number of aromatic nitrogens is 1. The Kier molecular flexibility index (Phi) is 6.33. The Morgan fingerprint density at radius 1 is 1.03 bits per heavy atom. The van der Waals surface area contributed by atoms with E-state index in [4.69, 9.17) is 0 Å². The molecule has 0 bridgehead atoms. The summed E-state index contributed by atoms with van der Waals surface area (Å²) in [4.78, 5) is 28.8. The number of aryl methyl sites for hydroxylation is 2. The minimum atomic E-state index is -0.524. The second kappa shape index (κ2) is 9.72. The molecule has 1 fully saturated rings. The third kappa shape index (κ3) is 4.81. The molecule has 0 radical (unpaired) electrons. The maximum atomic E-state index is 12.8. The van der Waals surface area contributed by atoms with Crippen LogP contribution < -0.4 is 5.32 Å². The smallest absolute Gasteiger partial charge is 0.240 e. The van der Waals surface area contributed by atoms with Crippen molar-refractivity contribution in [1.29, 1.82) is 0 Å². The summed E-state index contributed by atoms with van der Waals surface area (Å²) in [5, 5.41) is 12.2. The van der Waals surface area contributed by atoms with E-state index in [1.54, 1.807) is 6.21 Å². The fraction of sp³-hybridized carbons (Fsp3) is 0.143. The molecule has 1 unspecified atom stereocenters. The summed E-state index contributed by atoms with van der Waals surface area (Å²) in [6.45, 7) is 3.86. The molecule has 5 rings (SSSR count). The maximum Gasteiger partial charge on any atom is 0.240 e. The SMILES string of the molecule is Cc1ccc(C)c(C(=O)CC2S/C(=N\N=C\c3c(-c4ccccc4)[nH]c4ccccc34)NC2=O)c1. The fourth-order valence-corrected chi connectivity index (χ4v) is 5.09. The van der Waals surface area contributed by atoms with Crippen molar-refractivity contribution in [2.75, 3.05) is 0 Å². The molecule has 0 aliphatic carbocycles. The molecule has 3 aromatic carbocycles. The van der Waals surface area contributed by atoms with Gasteiger partial charge in [0.2, 0.25) is 5.91 Å². The third-order valence-electron chi connectivity index (χ3n) is 5.98. The maximum absolute atomic E-state index is 12.8. The molecule has 1 atom stereocenters. The van der Waals surface area contributed by atoms with Crippen molar-refractivity contribution in [2.24, 2.45) is 10.2 Å². The average Bonchev–Trinajstić information content (AvgIpc) is 3.41. The van der Waals surface area contributed by atoms with Crippen LogP contribution in [-0.4, -0.2) is 33.3 Å². The van der Waals surface area contributed by atoms with Gasteiger partial charge < -0.3 is 10.3 Å². The first-order chi connectivity index (χ1) is 17.0. The Morgan fingerprint density at radius 3 is 2.63 bits per heavy atom. The van der Waals surface area contributed by atoms with E-state index in [2.05, 4.69) is 20.5 Å². The zero-order chi connectivity index (χ0) is 24.4. The van der Waals surface area contributed by atoms with E-state index in [0.29, 0.717) is 10.7 Å². The Labute approximate surface area is 207 Å². The summed E-state index contributed by atoms with van der Waals surface area (Å²) >= 11 is 1.24. The number of rotatable bonds is 6. The number of carbonyl (C=O) groups excluding carboxylic acids is 2. The highest BCUT2D eigenvalue weighted by Crippen LogP contribution is 2.29. The standard InChI is InChI=1S/C28H24N4O2S/c1-17-12-13-18(2)21(14-17)24(33)15-25-27(34)31-28(35-25)32-29-16-22-20-10-6-7-11-23(20)30-26(22)19-8-4-3-5-9-19/h3-14,16,25,30H,15H2,1-2H3,(H,31,32,34)/b29-16+. The molecule has 1 aliphatic rings. The fourth-order valence-electron chi connectivity index (χ4n) is 4.17. The van der Waals surface area contributed by atoms with Crippen molar-refractivity contribution < 1.29 is 9.59 Å². The number of nitrogens with one attached hydrogen (secondary N) is 2. The second-order valence-electron chi connectivity index (χ2n) is 8.52. The molecule has 35 heavy (non-hydrogen) atoms. The van der Waals surface area contributed by atoms with Crippen LogP contribution in [0, 0.1) is 13.8 Å². The second-order valence-corrected chi connectivity index (χ2v) is 9.71. The highest BCUT2D eigenvalue weighted by molar-refractivity contribution is 8.15. The van der Waals surface area contributed by atoms with Crippen molar-refractivity contribution >= 4 is 45.7 Å². The monoisotopic (exact) mass is 480 g/mol. The Bertz CT molecular complexity index is 1490. The predicted octanol–water partition coefficient (Wildman–Crippen LogP) is 5.65. The molecule has 2 N–H and O–H groups in total. The van der Waals surface area contributed by atoms with Crippen molar-refractivity contribution in [3.8, 4) is 11.3 Å². The molecular weight excluding hydrogens is 456 g/mol. The number of nitrogens with zero attached hydrogens (tertiary/aromatic N) is 2. The highest BCUT2D eigenvalue weighted by atomic mass is 32.2. The van der Waals surface area contributed by atoms with E-state index in [1.807, 2.05) is 86.6 Å². The van der Waals surface area contributed by atoms with Crippen LogP contribution in [0.4, 0.5) is 0 Å². The topological polar surface area (TPSA) is 86.7 Å². The number of amides is 1. The number of H-pyrrole nitrogens is 1. The number of thioether (sulfide) groups is 1. The zero-order valence-electron chi connectivity index (χ0n) is 19.4. The summed E-state index contributed by atoms with van der Waals surface area (Å²) in [7, 11) is 0. The first-order valence-electron chi connectivity index (χ1n) is 11.3. The lowest BCUT2D eigenvalue weighted by Crippen LogP contribution is -2.26. The Balaban J connectivity index is 1.35. The van der Waals surface area contributed by atoms with Crippen LogP contribution in [0.2, 0.25) is 0 Å². The number of hydrogen-bond acceptors (Lipinski definition) is 5. The molecule has 1 aromatic heterocycles. The number of benzene rings is 3. The van der Waals surface area contributed by atoms with Crippen LogP contribution in [-0.2, 0) is 4.79 Å². The molecule has 2 heterocycles. The number of hydrogen-bond donors (Lipinski definition) is 2. The molecular formula is C28H24N4O2S. The van der Waals surface area contributed by atoms with Gasteiger partial charge in [-0.05, 0) is 37.1 Å². The number of amidine groups is 1. The van der Waals surface area contributed by atoms with Gasteiger partial charge in [-0.3, -0.25) is 9.59 Å². The molecule has 0 saturated carbocycles. The molecule has 7 heteroatoms. The number of para-hydroxylation sites is 1. The molecule has 0 spiro atoms. The van der Waals surface area contributed by atoms with Gasteiger partial charge in [0.15, 0.2) is 11.0 Å². The van der Waals surface area contributed by atoms with Crippen LogP contribution in [0.1, 0.15) is 33.5 Å². The van der Waals surface area contributed by atoms with Crippen molar-refractivity contribution in [1.82, 2.24) is 10.3 Å². The minimum Gasteiger partial charge on any atom is -0.354 e. The minimum absolute atomic E-state index is 0.0464. The predicted molar refractivity (Wildman–Crippen MR) is 143 cm³/mol. The van der Waals surface area contributed by atoms with Gasteiger partial charge in [0.05, 0.1) is 17.2 Å². The van der Waals surface area contributed by atoms with Crippen LogP contribution in [0.3, 0.4) is 0 Å². The average molecular weight is 481 g/mol. The van der Waals surface area contributed by atoms with Crippen molar-refractivity contribution in [3.05, 3.63) is 95.1 Å². The van der Waals surface area contributed by atoms with Gasteiger partial charge in [-0.25, -0.2) is 0 Å². The lowest BCUT2D eigenvalue weighted by molar-refractivity contribution is -0.118. The first kappa shape index (κ1) is 22.8. The largest absolute Gasteiger partial charge is 0.354 e. The molecule has 1 aliphatic heterocycles. The van der Waals surface area contributed by atoms with Crippen LogP contribution in [0.15, 0.2) is 83.0 Å². The van der Waals surface area contributed by atoms with Crippen LogP contribution in [0.25, 0.3) is 22.2 Å².